The van der Waals surface area contributed by atoms with E-state index < -0.39 is 0 Å². The van der Waals surface area contributed by atoms with Crippen molar-refractivity contribution in [1.29, 1.82) is 0 Å². The molecule has 2 aromatic heterocycles. The number of nitrogens with zero attached hydrogens (tertiary/aromatic N) is 5. The van der Waals surface area contributed by atoms with Crippen LogP contribution in [-0.2, 0) is 13.0 Å². The Hall–Kier alpha value is -1.76. The average molecular weight is 274 g/mol. The maximum Gasteiger partial charge on any atom is 0.220 e. The van der Waals surface area contributed by atoms with Crippen molar-refractivity contribution in [3.63, 3.8) is 0 Å². The van der Waals surface area contributed by atoms with Gasteiger partial charge in [0.2, 0.25) is 11.1 Å². The Labute approximate surface area is 114 Å². The number of fused-ring (bicyclic) bond motifs is 1. The van der Waals surface area contributed by atoms with Crippen LogP contribution in [0.25, 0.3) is 0 Å². The predicted molar refractivity (Wildman–Crippen MR) is 73.1 cm³/mol. The minimum absolute atomic E-state index is 0.344. The summed E-state index contributed by atoms with van der Waals surface area (Å²) >= 11 is 1.49. The van der Waals surface area contributed by atoms with Crippen molar-refractivity contribution in [1.82, 2.24) is 19.3 Å². The number of hydrogen-bond acceptors (Lipinski definition) is 7. The van der Waals surface area contributed by atoms with Crippen LogP contribution in [0.3, 0.4) is 0 Å². The third-order valence-corrected chi connectivity index (χ3v) is 4.40. The lowest BCUT2D eigenvalue weighted by atomic mass is 10.1. The van der Waals surface area contributed by atoms with Gasteiger partial charge in [0, 0.05) is 30.2 Å². The van der Waals surface area contributed by atoms with Crippen LogP contribution in [0.5, 0.6) is 0 Å². The van der Waals surface area contributed by atoms with Gasteiger partial charge in [0.25, 0.3) is 0 Å². The number of aromatic nitrogens is 4. The van der Waals surface area contributed by atoms with E-state index in [9.17, 15) is 0 Å². The van der Waals surface area contributed by atoms with Crippen molar-refractivity contribution in [3.8, 4) is 0 Å². The molecular formula is C12H14N6S. The van der Waals surface area contributed by atoms with Crippen LogP contribution >= 0.6 is 11.5 Å². The van der Waals surface area contributed by atoms with E-state index in [1.807, 2.05) is 6.20 Å². The normalized spacial score (nSPS) is 18.4. The first-order valence-corrected chi connectivity index (χ1v) is 7.26. The second-order valence-electron chi connectivity index (χ2n) is 5.08. The topological polar surface area (TPSA) is 80.8 Å². The maximum atomic E-state index is 5.65. The van der Waals surface area contributed by atoms with E-state index in [-0.39, 0.29) is 0 Å². The van der Waals surface area contributed by atoms with Crippen LogP contribution in [0, 0.1) is 0 Å². The van der Waals surface area contributed by atoms with Gasteiger partial charge in [0.15, 0.2) is 0 Å². The largest absolute Gasteiger partial charge is 0.368 e. The van der Waals surface area contributed by atoms with Gasteiger partial charge in [-0.2, -0.15) is 4.37 Å². The molecule has 1 aliphatic heterocycles. The molecule has 7 heteroatoms. The predicted octanol–water partition coefficient (Wildman–Crippen LogP) is 1.35. The van der Waals surface area contributed by atoms with Crippen molar-refractivity contribution in [3.05, 3.63) is 23.3 Å². The van der Waals surface area contributed by atoms with Crippen molar-refractivity contribution in [2.24, 2.45) is 0 Å². The van der Waals surface area contributed by atoms with E-state index >= 15 is 0 Å². The minimum Gasteiger partial charge on any atom is -0.368 e. The van der Waals surface area contributed by atoms with E-state index in [2.05, 4.69) is 24.2 Å². The SMILES string of the molecule is Nc1ncc2c(n1)CN(c1nc(C3CC3)ns1)CC2. The number of anilines is 2. The van der Waals surface area contributed by atoms with Crippen molar-refractivity contribution in [2.75, 3.05) is 17.2 Å². The summed E-state index contributed by atoms with van der Waals surface area (Å²) in [5.41, 5.74) is 7.86. The van der Waals surface area contributed by atoms with Crippen LogP contribution in [0.2, 0.25) is 0 Å². The molecule has 2 aliphatic rings. The van der Waals surface area contributed by atoms with Crippen LogP contribution < -0.4 is 10.6 Å². The number of nitrogens with two attached hydrogens (primary N) is 1. The third kappa shape index (κ3) is 2.03. The molecule has 0 radical (unpaired) electrons. The highest BCUT2D eigenvalue weighted by atomic mass is 32.1. The number of nitrogen functional groups attached to an aromatic ring is 1. The molecule has 0 unspecified atom stereocenters. The Morgan fingerprint density at radius 1 is 1.32 bits per heavy atom. The standard InChI is InChI=1S/C12H14N6S/c13-11-14-5-8-3-4-18(6-9(8)15-11)12-16-10(17-19-12)7-1-2-7/h5,7H,1-4,6H2,(H2,13,14,15). The molecule has 0 amide bonds. The molecule has 98 valence electrons. The molecule has 2 aromatic rings. The maximum absolute atomic E-state index is 5.65. The molecule has 0 saturated heterocycles. The second-order valence-corrected chi connectivity index (χ2v) is 5.81. The quantitative estimate of drug-likeness (QED) is 0.890. The second kappa shape index (κ2) is 4.12. The molecule has 0 aromatic carbocycles. The van der Waals surface area contributed by atoms with Crippen LogP contribution in [-0.4, -0.2) is 25.9 Å². The molecule has 1 aliphatic carbocycles. The number of rotatable bonds is 2. The Balaban J connectivity index is 1.59. The summed E-state index contributed by atoms with van der Waals surface area (Å²) in [6, 6.07) is 0. The molecule has 1 saturated carbocycles. The van der Waals surface area contributed by atoms with Gasteiger partial charge in [-0.25, -0.2) is 15.0 Å². The van der Waals surface area contributed by atoms with E-state index in [1.165, 1.54) is 29.9 Å². The first-order valence-electron chi connectivity index (χ1n) is 6.48. The fourth-order valence-corrected chi connectivity index (χ4v) is 3.11. The molecule has 0 spiro atoms. The highest BCUT2D eigenvalue weighted by Crippen LogP contribution is 2.40. The van der Waals surface area contributed by atoms with E-state index in [0.29, 0.717) is 11.9 Å². The highest BCUT2D eigenvalue weighted by molar-refractivity contribution is 7.09. The molecule has 6 nitrogen and oxygen atoms in total. The number of hydrogen-bond donors (Lipinski definition) is 1. The Kier molecular flexibility index (Phi) is 2.41. The molecular weight excluding hydrogens is 260 g/mol. The first-order chi connectivity index (χ1) is 9.29. The summed E-state index contributed by atoms with van der Waals surface area (Å²) in [7, 11) is 0. The molecule has 2 N–H and O–H groups in total. The molecule has 0 bridgehead atoms. The summed E-state index contributed by atoms with van der Waals surface area (Å²) in [6.07, 6.45) is 5.25. The third-order valence-electron chi connectivity index (χ3n) is 3.61. The molecule has 1 fully saturated rings. The van der Waals surface area contributed by atoms with Crippen LogP contribution in [0.15, 0.2) is 6.20 Å². The summed E-state index contributed by atoms with van der Waals surface area (Å²) in [5.74, 6) is 1.98. The fourth-order valence-electron chi connectivity index (χ4n) is 2.34. The van der Waals surface area contributed by atoms with Gasteiger partial charge in [-0.3, -0.25) is 0 Å². The van der Waals surface area contributed by atoms with Crippen molar-refractivity contribution >= 4 is 22.6 Å². The first kappa shape index (κ1) is 11.1. The average Bonchev–Trinajstić information content (AvgIpc) is 3.16. The van der Waals surface area contributed by atoms with Gasteiger partial charge in [0.1, 0.15) is 5.82 Å². The van der Waals surface area contributed by atoms with Gasteiger partial charge in [-0.15, -0.1) is 0 Å². The molecule has 19 heavy (non-hydrogen) atoms. The Morgan fingerprint density at radius 2 is 2.21 bits per heavy atom. The lowest BCUT2D eigenvalue weighted by molar-refractivity contribution is 0.701. The zero-order valence-corrected chi connectivity index (χ0v) is 11.2. The summed E-state index contributed by atoms with van der Waals surface area (Å²) in [4.78, 5) is 15.3. The van der Waals surface area contributed by atoms with E-state index in [4.69, 9.17) is 5.73 Å². The van der Waals surface area contributed by atoms with Crippen molar-refractivity contribution < 1.29 is 0 Å². The minimum atomic E-state index is 0.344. The molecule has 3 heterocycles. The molecule has 4 rings (SSSR count). The van der Waals surface area contributed by atoms with Crippen molar-refractivity contribution in [2.45, 2.75) is 31.7 Å². The zero-order chi connectivity index (χ0) is 12.8. The van der Waals surface area contributed by atoms with Crippen LogP contribution in [0.1, 0.15) is 35.8 Å². The Bertz CT molecular complexity index is 620. The zero-order valence-electron chi connectivity index (χ0n) is 10.4. The van der Waals surface area contributed by atoms with E-state index in [1.54, 1.807) is 0 Å². The smallest absolute Gasteiger partial charge is 0.220 e. The highest BCUT2D eigenvalue weighted by Gasteiger charge is 2.29. The fraction of sp³-hybridized carbons (Fsp3) is 0.500. The van der Waals surface area contributed by atoms with Gasteiger partial charge in [0.05, 0.1) is 12.2 Å². The van der Waals surface area contributed by atoms with Gasteiger partial charge in [-0.1, -0.05) is 0 Å². The van der Waals surface area contributed by atoms with E-state index in [0.717, 1.165) is 36.2 Å². The van der Waals surface area contributed by atoms with Gasteiger partial charge >= 0.3 is 0 Å². The summed E-state index contributed by atoms with van der Waals surface area (Å²) < 4.78 is 4.46. The Morgan fingerprint density at radius 3 is 3.05 bits per heavy atom. The van der Waals surface area contributed by atoms with Gasteiger partial charge in [-0.05, 0) is 24.8 Å². The van der Waals surface area contributed by atoms with Crippen LogP contribution in [0.4, 0.5) is 11.1 Å². The summed E-state index contributed by atoms with van der Waals surface area (Å²) in [5, 5.41) is 1.00. The van der Waals surface area contributed by atoms with Gasteiger partial charge < -0.3 is 10.6 Å². The lowest BCUT2D eigenvalue weighted by Crippen LogP contribution is -2.31. The lowest BCUT2D eigenvalue weighted by Gasteiger charge is -2.26. The monoisotopic (exact) mass is 274 g/mol. The molecule has 0 atom stereocenters. The summed E-state index contributed by atoms with van der Waals surface area (Å²) in [6.45, 7) is 1.70.